The molecule has 0 saturated heterocycles. The molecule has 0 aromatic rings. The highest BCUT2D eigenvalue weighted by Crippen LogP contribution is 2.15. The normalized spacial score (nSPS) is 14.8. The highest BCUT2D eigenvalue weighted by atomic mass is 16.3. The molecule has 0 aliphatic carbocycles. The summed E-state index contributed by atoms with van der Waals surface area (Å²) in [5.74, 6) is -0.599. The third-order valence-corrected chi connectivity index (χ3v) is 8.64. The van der Waals surface area contributed by atoms with Crippen molar-refractivity contribution in [2.24, 2.45) is 0 Å². The Bertz CT molecular complexity index is 668. The first-order valence-electron chi connectivity index (χ1n) is 18.7. The Morgan fingerprint density at radius 2 is 0.955 bits per heavy atom. The van der Waals surface area contributed by atoms with Gasteiger partial charge in [0.2, 0.25) is 5.91 Å². The minimum absolute atomic E-state index is 0.363. The monoisotopic (exact) mass is 624 g/mol. The van der Waals surface area contributed by atoms with Gasteiger partial charge < -0.3 is 25.7 Å². The van der Waals surface area contributed by atoms with Crippen LogP contribution >= 0.6 is 0 Å². The lowest BCUT2D eigenvalue weighted by molar-refractivity contribution is -0.132. The Morgan fingerprint density at radius 3 is 1.43 bits per heavy atom. The summed E-state index contributed by atoms with van der Waals surface area (Å²) >= 11 is 0. The van der Waals surface area contributed by atoms with Crippen LogP contribution in [0.5, 0.6) is 0 Å². The van der Waals surface area contributed by atoms with Crippen LogP contribution in [0.3, 0.4) is 0 Å². The van der Waals surface area contributed by atoms with Gasteiger partial charge in [-0.1, -0.05) is 154 Å². The maximum Gasteiger partial charge on any atom is 0.249 e. The molecule has 0 bridgehead atoms. The number of aliphatic hydroxyl groups excluding tert-OH is 4. The summed E-state index contributed by atoms with van der Waals surface area (Å²) in [6, 6.07) is -1.00. The first-order chi connectivity index (χ1) is 21.5. The van der Waals surface area contributed by atoms with E-state index in [1.165, 1.54) is 103 Å². The van der Waals surface area contributed by atoms with Gasteiger partial charge in [0.15, 0.2) is 0 Å². The van der Waals surface area contributed by atoms with Crippen LogP contribution in [-0.4, -0.2) is 57.3 Å². The van der Waals surface area contributed by atoms with E-state index >= 15 is 0 Å². The van der Waals surface area contributed by atoms with Crippen molar-refractivity contribution in [3.05, 3.63) is 24.3 Å². The number of nitrogens with one attached hydrogen (secondary N) is 1. The molecule has 5 N–H and O–H groups in total. The van der Waals surface area contributed by atoms with Crippen LogP contribution in [-0.2, 0) is 4.79 Å². The Morgan fingerprint density at radius 1 is 0.545 bits per heavy atom. The lowest BCUT2D eigenvalue weighted by Gasteiger charge is -2.27. The summed E-state index contributed by atoms with van der Waals surface area (Å²) in [5.41, 5.74) is 0. The zero-order valence-electron chi connectivity index (χ0n) is 28.9. The van der Waals surface area contributed by atoms with E-state index in [1.807, 2.05) is 0 Å². The predicted molar refractivity (Wildman–Crippen MR) is 187 cm³/mol. The van der Waals surface area contributed by atoms with Gasteiger partial charge in [0, 0.05) is 0 Å². The van der Waals surface area contributed by atoms with Crippen molar-refractivity contribution in [1.82, 2.24) is 5.32 Å². The second-order valence-corrected chi connectivity index (χ2v) is 12.9. The lowest BCUT2D eigenvalue weighted by atomic mass is 10.00. The van der Waals surface area contributed by atoms with Crippen LogP contribution in [0.15, 0.2) is 24.3 Å². The van der Waals surface area contributed by atoms with E-state index in [0.717, 1.165) is 44.9 Å². The smallest absolute Gasteiger partial charge is 0.249 e. The molecule has 44 heavy (non-hydrogen) atoms. The minimum Gasteiger partial charge on any atom is -0.394 e. The third kappa shape index (κ3) is 27.1. The number of hydrogen-bond acceptors (Lipinski definition) is 5. The number of unbranched alkanes of at least 4 members (excludes halogenated alkanes) is 20. The molecule has 6 heteroatoms. The number of amides is 1. The molecule has 4 unspecified atom stereocenters. The van der Waals surface area contributed by atoms with Crippen molar-refractivity contribution >= 4 is 5.91 Å². The van der Waals surface area contributed by atoms with E-state index in [1.54, 1.807) is 0 Å². The van der Waals surface area contributed by atoms with Gasteiger partial charge in [-0.3, -0.25) is 4.79 Å². The molecule has 0 aliphatic heterocycles. The predicted octanol–water partition coefficient (Wildman–Crippen LogP) is 8.84. The Kier molecular flexibility index (Phi) is 32.2. The summed E-state index contributed by atoms with van der Waals surface area (Å²) in [5, 5.41) is 43.4. The van der Waals surface area contributed by atoms with Crippen molar-refractivity contribution in [2.75, 3.05) is 6.61 Å². The average Bonchev–Trinajstić information content (AvgIpc) is 3.03. The quantitative estimate of drug-likeness (QED) is 0.0371. The molecular formula is C38H73NO5. The van der Waals surface area contributed by atoms with E-state index < -0.39 is 36.9 Å². The van der Waals surface area contributed by atoms with E-state index in [9.17, 15) is 25.2 Å². The van der Waals surface area contributed by atoms with Crippen LogP contribution in [0.25, 0.3) is 0 Å². The van der Waals surface area contributed by atoms with Gasteiger partial charge >= 0.3 is 0 Å². The first kappa shape index (κ1) is 42.8. The second-order valence-electron chi connectivity index (χ2n) is 12.9. The molecule has 0 radical (unpaired) electrons. The van der Waals surface area contributed by atoms with Crippen LogP contribution in [0, 0.1) is 0 Å². The molecule has 0 aromatic heterocycles. The maximum atomic E-state index is 12.4. The third-order valence-electron chi connectivity index (χ3n) is 8.64. The zero-order valence-corrected chi connectivity index (χ0v) is 28.9. The number of aliphatic hydroxyl groups is 4. The molecule has 0 aromatic carbocycles. The number of carbonyl (C=O) groups is 1. The number of carbonyl (C=O) groups excluding carboxylic acids is 1. The average molecular weight is 624 g/mol. The van der Waals surface area contributed by atoms with Gasteiger partial charge in [0.1, 0.15) is 12.2 Å². The number of hydrogen-bond donors (Lipinski definition) is 5. The van der Waals surface area contributed by atoms with Crippen LogP contribution in [0.2, 0.25) is 0 Å². The minimum atomic E-state index is -1.28. The van der Waals surface area contributed by atoms with Crippen LogP contribution in [0.4, 0.5) is 0 Å². The molecule has 0 aliphatic rings. The van der Waals surface area contributed by atoms with Crippen molar-refractivity contribution in [3.63, 3.8) is 0 Å². The zero-order chi connectivity index (χ0) is 32.5. The fourth-order valence-electron chi connectivity index (χ4n) is 5.59. The highest BCUT2D eigenvalue weighted by Gasteiger charge is 2.28. The summed E-state index contributed by atoms with van der Waals surface area (Å²) in [6.45, 7) is 3.98. The SMILES string of the molecule is CCCCC/C=C/CC/C=C/CCCC(O)C(O)C(CO)NC(=O)C(O)CCCCCCCCCCCCCCCCCC. The van der Waals surface area contributed by atoms with Crippen molar-refractivity contribution in [2.45, 2.75) is 205 Å². The lowest BCUT2D eigenvalue weighted by Crippen LogP contribution is -2.53. The van der Waals surface area contributed by atoms with E-state index in [-0.39, 0.29) is 0 Å². The van der Waals surface area contributed by atoms with Gasteiger partial charge in [-0.25, -0.2) is 0 Å². The largest absolute Gasteiger partial charge is 0.394 e. The summed E-state index contributed by atoms with van der Waals surface area (Å²) < 4.78 is 0. The fraction of sp³-hybridized carbons (Fsp3) is 0.868. The van der Waals surface area contributed by atoms with Gasteiger partial charge in [-0.2, -0.15) is 0 Å². The second kappa shape index (κ2) is 33.2. The molecule has 0 rings (SSSR count). The number of rotatable bonds is 33. The van der Waals surface area contributed by atoms with Gasteiger partial charge in [0.25, 0.3) is 0 Å². The molecule has 0 fully saturated rings. The highest BCUT2D eigenvalue weighted by molar-refractivity contribution is 5.80. The summed E-state index contributed by atoms with van der Waals surface area (Å²) in [7, 11) is 0. The molecule has 0 heterocycles. The van der Waals surface area contributed by atoms with Gasteiger partial charge in [-0.15, -0.1) is 0 Å². The van der Waals surface area contributed by atoms with Crippen molar-refractivity contribution in [1.29, 1.82) is 0 Å². The molecular weight excluding hydrogens is 550 g/mol. The van der Waals surface area contributed by atoms with Crippen molar-refractivity contribution in [3.8, 4) is 0 Å². The Hall–Kier alpha value is -1.21. The molecule has 1 amide bonds. The first-order valence-corrected chi connectivity index (χ1v) is 18.7. The molecule has 4 atom stereocenters. The standard InChI is InChI=1S/C38H73NO5/c1-3-5-7-9-11-13-15-17-18-19-20-22-24-26-28-30-32-36(42)38(44)39-34(33-40)37(43)35(41)31-29-27-25-23-21-16-14-12-10-8-6-4-2/h12,14,23,25,34-37,40-43H,3-11,13,15-22,24,26-33H2,1-2H3,(H,39,44)/b14-12+,25-23+. The molecule has 0 spiro atoms. The Balaban J connectivity index is 3.85. The van der Waals surface area contributed by atoms with Gasteiger partial charge in [0.05, 0.1) is 18.8 Å². The van der Waals surface area contributed by atoms with E-state index in [4.69, 9.17) is 0 Å². The van der Waals surface area contributed by atoms with Crippen LogP contribution < -0.4 is 5.32 Å². The van der Waals surface area contributed by atoms with Crippen LogP contribution in [0.1, 0.15) is 181 Å². The molecule has 6 nitrogen and oxygen atoms in total. The molecule has 260 valence electrons. The van der Waals surface area contributed by atoms with Crippen molar-refractivity contribution < 1.29 is 25.2 Å². The van der Waals surface area contributed by atoms with E-state index in [0.29, 0.717) is 19.3 Å². The fourth-order valence-corrected chi connectivity index (χ4v) is 5.59. The van der Waals surface area contributed by atoms with Gasteiger partial charge in [-0.05, 0) is 51.4 Å². The van der Waals surface area contributed by atoms with E-state index in [2.05, 4.69) is 43.5 Å². The topological polar surface area (TPSA) is 110 Å². The Labute approximate surface area is 272 Å². The summed E-state index contributed by atoms with van der Waals surface area (Å²) in [4.78, 5) is 12.4. The summed E-state index contributed by atoms with van der Waals surface area (Å²) in [6.07, 6.45) is 34.8. The molecule has 0 saturated carbocycles. The number of allylic oxidation sites excluding steroid dienone is 4. The maximum absolute atomic E-state index is 12.4.